The SMILES string of the molecule is CCOc1ccccc1CN1CCC[C@H]1c1nc(C2CCOCC2)n[nH]1. The zero-order valence-electron chi connectivity index (χ0n) is 15.5. The van der Waals surface area contributed by atoms with Gasteiger partial charge in [-0.15, -0.1) is 0 Å². The molecule has 140 valence electrons. The molecule has 1 aromatic heterocycles. The van der Waals surface area contributed by atoms with Gasteiger partial charge in [0, 0.05) is 31.2 Å². The van der Waals surface area contributed by atoms with Crippen LogP contribution in [-0.4, -0.2) is 46.4 Å². The fourth-order valence-corrected chi connectivity index (χ4v) is 4.05. The van der Waals surface area contributed by atoms with E-state index in [-0.39, 0.29) is 0 Å². The minimum Gasteiger partial charge on any atom is -0.494 e. The molecule has 1 atom stereocenters. The van der Waals surface area contributed by atoms with Crippen molar-refractivity contribution in [3.05, 3.63) is 41.5 Å². The van der Waals surface area contributed by atoms with Gasteiger partial charge in [-0.05, 0) is 45.2 Å². The summed E-state index contributed by atoms with van der Waals surface area (Å²) in [6.45, 7) is 6.32. The lowest BCUT2D eigenvalue weighted by Gasteiger charge is -2.24. The van der Waals surface area contributed by atoms with Gasteiger partial charge in [-0.1, -0.05) is 18.2 Å². The van der Waals surface area contributed by atoms with E-state index in [1.807, 2.05) is 13.0 Å². The van der Waals surface area contributed by atoms with Crippen LogP contribution >= 0.6 is 0 Å². The molecular formula is C20H28N4O2. The van der Waals surface area contributed by atoms with Crippen molar-refractivity contribution in [2.24, 2.45) is 0 Å². The number of nitrogens with one attached hydrogen (secondary N) is 1. The summed E-state index contributed by atoms with van der Waals surface area (Å²) < 4.78 is 11.3. The van der Waals surface area contributed by atoms with Gasteiger partial charge < -0.3 is 9.47 Å². The van der Waals surface area contributed by atoms with Crippen LogP contribution in [0.2, 0.25) is 0 Å². The van der Waals surface area contributed by atoms with E-state index in [0.717, 1.165) is 63.0 Å². The van der Waals surface area contributed by atoms with Gasteiger partial charge in [0.05, 0.1) is 12.6 Å². The predicted octanol–water partition coefficient (Wildman–Crippen LogP) is 3.43. The number of para-hydroxylation sites is 1. The van der Waals surface area contributed by atoms with Gasteiger partial charge in [0.25, 0.3) is 0 Å². The maximum Gasteiger partial charge on any atom is 0.154 e. The molecule has 1 aromatic carbocycles. The first-order valence-corrected chi connectivity index (χ1v) is 9.80. The van der Waals surface area contributed by atoms with Crippen molar-refractivity contribution in [3.63, 3.8) is 0 Å². The second kappa shape index (κ2) is 8.18. The molecule has 6 nitrogen and oxygen atoms in total. The van der Waals surface area contributed by atoms with Crippen LogP contribution in [0.1, 0.15) is 61.8 Å². The first-order valence-electron chi connectivity index (χ1n) is 9.80. The third-order valence-corrected chi connectivity index (χ3v) is 5.43. The highest BCUT2D eigenvalue weighted by Crippen LogP contribution is 2.34. The molecule has 2 fully saturated rings. The Bertz CT molecular complexity index is 711. The lowest BCUT2D eigenvalue weighted by atomic mass is 10.00. The van der Waals surface area contributed by atoms with Crippen molar-refractivity contribution in [3.8, 4) is 5.75 Å². The second-order valence-corrected chi connectivity index (χ2v) is 7.13. The molecule has 0 aliphatic carbocycles. The zero-order valence-corrected chi connectivity index (χ0v) is 15.5. The predicted molar refractivity (Wildman–Crippen MR) is 99.2 cm³/mol. The van der Waals surface area contributed by atoms with Gasteiger partial charge >= 0.3 is 0 Å². The van der Waals surface area contributed by atoms with Gasteiger partial charge in [0.15, 0.2) is 5.82 Å². The van der Waals surface area contributed by atoms with Gasteiger partial charge in [-0.2, -0.15) is 5.10 Å². The van der Waals surface area contributed by atoms with Gasteiger partial charge in [0.2, 0.25) is 0 Å². The number of aromatic amines is 1. The molecule has 4 rings (SSSR count). The van der Waals surface area contributed by atoms with Crippen LogP contribution in [0.25, 0.3) is 0 Å². The average Bonchev–Trinajstić information content (AvgIpc) is 3.33. The molecule has 0 unspecified atom stereocenters. The second-order valence-electron chi connectivity index (χ2n) is 7.13. The maximum atomic E-state index is 5.80. The quantitative estimate of drug-likeness (QED) is 0.859. The Morgan fingerprint density at radius 2 is 2.08 bits per heavy atom. The molecule has 2 aromatic rings. The van der Waals surface area contributed by atoms with E-state index in [4.69, 9.17) is 14.5 Å². The molecule has 0 saturated carbocycles. The molecule has 0 spiro atoms. The van der Waals surface area contributed by atoms with E-state index in [0.29, 0.717) is 18.6 Å². The third-order valence-electron chi connectivity index (χ3n) is 5.43. The fraction of sp³-hybridized carbons (Fsp3) is 0.600. The van der Waals surface area contributed by atoms with E-state index >= 15 is 0 Å². The van der Waals surface area contributed by atoms with Crippen LogP contribution in [0, 0.1) is 0 Å². The number of hydrogen-bond donors (Lipinski definition) is 1. The Morgan fingerprint density at radius 1 is 1.23 bits per heavy atom. The first kappa shape index (κ1) is 17.5. The topological polar surface area (TPSA) is 63.3 Å². The highest BCUT2D eigenvalue weighted by molar-refractivity contribution is 5.33. The number of rotatable bonds is 6. The number of H-pyrrole nitrogens is 1. The Hall–Kier alpha value is -1.92. The summed E-state index contributed by atoms with van der Waals surface area (Å²) in [4.78, 5) is 7.36. The van der Waals surface area contributed by atoms with Crippen LogP contribution in [0.3, 0.4) is 0 Å². The summed E-state index contributed by atoms with van der Waals surface area (Å²) in [6.07, 6.45) is 4.36. The van der Waals surface area contributed by atoms with E-state index in [1.54, 1.807) is 0 Å². The number of hydrogen-bond acceptors (Lipinski definition) is 5. The summed E-state index contributed by atoms with van der Waals surface area (Å²) in [6, 6.07) is 8.65. The molecule has 3 heterocycles. The molecule has 2 aliphatic rings. The Balaban J connectivity index is 1.48. The Labute approximate surface area is 154 Å². The first-order chi connectivity index (χ1) is 12.8. The zero-order chi connectivity index (χ0) is 17.8. The summed E-state index contributed by atoms with van der Waals surface area (Å²) in [5.74, 6) is 3.39. The van der Waals surface area contributed by atoms with Gasteiger partial charge in [-0.25, -0.2) is 4.98 Å². The smallest absolute Gasteiger partial charge is 0.154 e. The lowest BCUT2D eigenvalue weighted by molar-refractivity contribution is 0.0836. The van der Waals surface area contributed by atoms with Crippen molar-refractivity contribution in [1.29, 1.82) is 0 Å². The summed E-state index contributed by atoms with van der Waals surface area (Å²) >= 11 is 0. The monoisotopic (exact) mass is 356 g/mol. The normalized spacial score (nSPS) is 22.0. The molecule has 26 heavy (non-hydrogen) atoms. The lowest BCUT2D eigenvalue weighted by Crippen LogP contribution is -2.24. The van der Waals surface area contributed by atoms with Crippen LogP contribution in [0.4, 0.5) is 0 Å². The highest BCUT2D eigenvalue weighted by Gasteiger charge is 2.30. The van der Waals surface area contributed by atoms with Crippen molar-refractivity contribution >= 4 is 0 Å². The van der Waals surface area contributed by atoms with Crippen molar-refractivity contribution in [2.45, 2.75) is 51.1 Å². The van der Waals surface area contributed by atoms with Crippen molar-refractivity contribution in [1.82, 2.24) is 20.1 Å². The van der Waals surface area contributed by atoms with Gasteiger partial charge in [0.1, 0.15) is 11.6 Å². The molecule has 0 amide bonds. The van der Waals surface area contributed by atoms with Crippen LogP contribution in [0.5, 0.6) is 5.75 Å². The average molecular weight is 356 g/mol. The number of benzene rings is 1. The number of ether oxygens (including phenoxy) is 2. The summed E-state index contributed by atoms with van der Waals surface area (Å²) in [7, 11) is 0. The van der Waals surface area contributed by atoms with Crippen LogP contribution in [0.15, 0.2) is 24.3 Å². The number of aromatic nitrogens is 3. The van der Waals surface area contributed by atoms with Crippen LogP contribution in [-0.2, 0) is 11.3 Å². The molecular weight excluding hydrogens is 328 g/mol. The summed E-state index contributed by atoms with van der Waals surface area (Å²) in [5, 5.41) is 7.76. The van der Waals surface area contributed by atoms with E-state index < -0.39 is 0 Å². The fourth-order valence-electron chi connectivity index (χ4n) is 4.05. The Kier molecular flexibility index (Phi) is 5.51. The molecule has 6 heteroatoms. The minimum atomic E-state index is 0.311. The minimum absolute atomic E-state index is 0.311. The highest BCUT2D eigenvalue weighted by atomic mass is 16.5. The van der Waals surface area contributed by atoms with Gasteiger partial charge in [-0.3, -0.25) is 10.00 Å². The number of likely N-dealkylation sites (tertiary alicyclic amines) is 1. The summed E-state index contributed by atoms with van der Waals surface area (Å²) in [5.41, 5.74) is 1.24. The van der Waals surface area contributed by atoms with Crippen molar-refractivity contribution in [2.75, 3.05) is 26.4 Å². The molecule has 2 aliphatic heterocycles. The van der Waals surface area contributed by atoms with Crippen molar-refractivity contribution < 1.29 is 9.47 Å². The molecule has 0 radical (unpaired) electrons. The standard InChI is InChI=1S/C20H28N4O2/c1-2-26-18-8-4-3-6-16(18)14-24-11-5-7-17(24)20-21-19(22-23-20)15-9-12-25-13-10-15/h3-4,6,8,15,17H,2,5,7,9-14H2,1H3,(H,21,22,23)/t17-/m0/s1. The number of nitrogens with zero attached hydrogens (tertiary/aromatic N) is 3. The maximum absolute atomic E-state index is 5.80. The third kappa shape index (κ3) is 3.76. The van der Waals surface area contributed by atoms with E-state index in [2.05, 4.69) is 33.3 Å². The van der Waals surface area contributed by atoms with E-state index in [1.165, 1.54) is 12.0 Å². The largest absolute Gasteiger partial charge is 0.494 e. The molecule has 1 N–H and O–H groups in total. The van der Waals surface area contributed by atoms with Crippen LogP contribution < -0.4 is 4.74 Å². The molecule has 0 bridgehead atoms. The van der Waals surface area contributed by atoms with E-state index in [9.17, 15) is 0 Å². The molecule has 2 saturated heterocycles. The Morgan fingerprint density at radius 3 is 2.92 bits per heavy atom.